The van der Waals surface area contributed by atoms with E-state index in [0.29, 0.717) is 12.3 Å². The average Bonchev–Trinajstić information content (AvgIpc) is 2.89. The van der Waals surface area contributed by atoms with E-state index in [1.807, 2.05) is 25.7 Å². The number of nitrogens with zero attached hydrogens (tertiary/aromatic N) is 1. The number of piperidine rings is 1. The second-order valence-corrected chi connectivity index (χ2v) is 6.67. The molecule has 1 saturated heterocycles. The van der Waals surface area contributed by atoms with E-state index in [-0.39, 0.29) is 11.5 Å². The molecule has 4 nitrogen and oxygen atoms in total. The zero-order chi connectivity index (χ0) is 13.4. The number of ether oxygens (including phenoxy) is 1. The van der Waals surface area contributed by atoms with Crippen LogP contribution in [0, 0.1) is 11.3 Å². The summed E-state index contributed by atoms with van der Waals surface area (Å²) in [6, 6.07) is 0. The van der Waals surface area contributed by atoms with Crippen LogP contribution in [0.2, 0.25) is 0 Å². The Kier molecular flexibility index (Phi) is 3.39. The summed E-state index contributed by atoms with van der Waals surface area (Å²) >= 11 is 0. The highest BCUT2D eigenvalue weighted by molar-refractivity contribution is 5.68. The van der Waals surface area contributed by atoms with Gasteiger partial charge in [-0.15, -0.1) is 0 Å². The molecule has 1 aliphatic carbocycles. The molecule has 0 N–H and O–H groups in total. The Labute approximate surface area is 109 Å². The van der Waals surface area contributed by atoms with Gasteiger partial charge in [-0.3, -0.25) is 0 Å². The lowest BCUT2D eigenvalue weighted by Crippen LogP contribution is -2.44. The van der Waals surface area contributed by atoms with Gasteiger partial charge in [0, 0.05) is 19.5 Å². The number of likely N-dealkylation sites (tertiary alicyclic amines) is 1. The van der Waals surface area contributed by atoms with E-state index in [1.54, 1.807) is 0 Å². The van der Waals surface area contributed by atoms with Crippen LogP contribution in [0.25, 0.3) is 0 Å². The van der Waals surface area contributed by atoms with Crippen LogP contribution >= 0.6 is 0 Å². The molecule has 1 amide bonds. The first-order valence-corrected chi connectivity index (χ1v) is 6.78. The highest BCUT2D eigenvalue weighted by Gasteiger charge is 2.55. The fraction of sp³-hybridized carbons (Fsp3) is 0.857. The highest BCUT2D eigenvalue weighted by atomic mass is 16.6. The Morgan fingerprint density at radius 2 is 2.22 bits per heavy atom. The van der Waals surface area contributed by atoms with Crippen molar-refractivity contribution in [3.63, 3.8) is 0 Å². The predicted molar refractivity (Wildman–Crippen MR) is 68.3 cm³/mol. The maximum atomic E-state index is 12.0. The molecule has 0 aromatic heterocycles. The molecule has 2 rings (SSSR count). The number of aldehydes is 1. The third-order valence-corrected chi connectivity index (χ3v) is 4.00. The number of carbonyl (C=O) groups is 2. The summed E-state index contributed by atoms with van der Waals surface area (Å²) in [6.45, 7) is 7.20. The Morgan fingerprint density at radius 3 is 2.83 bits per heavy atom. The molecule has 102 valence electrons. The summed E-state index contributed by atoms with van der Waals surface area (Å²) in [5, 5.41) is 0. The summed E-state index contributed by atoms with van der Waals surface area (Å²) in [5.41, 5.74) is -0.219. The molecule has 1 saturated carbocycles. The minimum Gasteiger partial charge on any atom is -0.444 e. The normalized spacial score (nSPS) is 31.3. The lowest BCUT2D eigenvalue weighted by atomic mass is 9.92. The Morgan fingerprint density at radius 1 is 1.50 bits per heavy atom. The zero-order valence-corrected chi connectivity index (χ0v) is 11.6. The maximum Gasteiger partial charge on any atom is 0.410 e. The van der Waals surface area contributed by atoms with Gasteiger partial charge in [-0.25, -0.2) is 4.79 Å². The molecule has 2 atom stereocenters. The smallest absolute Gasteiger partial charge is 0.410 e. The van der Waals surface area contributed by atoms with Crippen LogP contribution in [0.1, 0.15) is 46.5 Å². The minimum absolute atomic E-state index is 0.210. The molecule has 4 heteroatoms. The quantitative estimate of drug-likeness (QED) is 0.711. The summed E-state index contributed by atoms with van der Waals surface area (Å²) in [5.74, 6) is 0.486. The van der Waals surface area contributed by atoms with E-state index in [4.69, 9.17) is 4.74 Å². The third kappa shape index (κ3) is 2.85. The molecule has 18 heavy (non-hydrogen) atoms. The van der Waals surface area contributed by atoms with Crippen molar-refractivity contribution in [1.29, 1.82) is 0 Å². The number of rotatable bonds is 2. The minimum atomic E-state index is -0.437. The Balaban J connectivity index is 1.92. The second-order valence-electron chi connectivity index (χ2n) is 6.67. The van der Waals surface area contributed by atoms with Crippen molar-refractivity contribution in [1.82, 2.24) is 4.90 Å². The molecule has 2 unspecified atom stereocenters. The van der Waals surface area contributed by atoms with Crippen LogP contribution in [0.15, 0.2) is 0 Å². The monoisotopic (exact) mass is 253 g/mol. The molecule has 0 aromatic carbocycles. The van der Waals surface area contributed by atoms with Gasteiger partial charge in [0.15, 0.2) is 0 Å². The van der Waals surface area contributed by atoms with Gasteiger partial charge in [0.05, 0.1) is 0 Å². The first-order chi connectivity index (χ1) is 8.36. The van der Waals surface area contributed by atoms with Gasteiger partial charge in [0.2, 0.25) is 0 Å². The van der Waals surface area contributed by atoms with Crippen molar-refractivity contribution in [2.75, 3.05) is 13.1 Å². The van der Waals surface area contributed by atoms with Crippen molar-refractivity contribution in [3.05, 3.63) is 0 Å². The van der Waals surface area contributed by atoms with Crippen molar-refractivity contribution in [2.24, 2.45) is 11.3 Å². The van der Waals surface area contributed by atoms with Gasteiger partial charge in [-0.1, -0.05) is 0 Å². The molecule has 1 aliphatic heterocycles. The van der Waals surface area contributed by atoms with E-state index < -0.39 is 5.60 Å². The first-order valence-electron chi connectivity index (χ1n) is 6.78. The summed E-state index contributed by atoms with van der Waals surface area (Å²) in [7, 11) is 0. The topological polar surface area (TPSA) is 46.6 Å². The van der Waals surface area contributed by atoms with Gasteiger partial charge in [0.1, 0.15) is 11.9 Å². The van der Waals surface area contributed by atoms with Crippen LogP contribution in [-0.2, 0) is 9.53 Å². The van der Waals surface area contributed by atoms with E-state index in [1.165, 1.54) is 0 Å². The number of hydrogen-bond donors (Lipinski definition) is 0. The van der Waals surface area contributed by atoms with E-state index in [0.717, 1.165) is 38.6 Å². The third-order valence-electron chi connectivity index (χ3n) is 4.00. The van der Waals surface area contributed by atoms with Crippen LogP contribution in [0.3, 0.4) is 0 Å². The highest BCUT2D eigenvalue weighted by Crippen LogP contribution is 2.59. The second kappa shape index (κ2) is 4.56. The van der Waals surface area contributed by atoms with Crippen LogP contribution < -0.4 is 0 Å². The lowest BCUT2D eigenvalue weighted by Gasteiger charge is -2.35. The SMILES string of the molecule is CC(C)(C)OC(=O)N1CCCC2(CC2CC=O)C1. The molecule has 2 fully saturated rings. The molecule has 1 heterocycles. The Hall–Kier alpha value is -1.06. The fourth-order valence-electron chi connectivity index (χ4n) is 3.02. The zero-order valence-electron chi connectivity index (χ0n) is 11.6. The fourth-order valence-corrected chi connectivity index (χ4v) is 3.02. The van der Waals surface area contributed by atoms with Crippen LogP contribution in [0.4, 0.5) is 4.79 Å². The molecular formula is C14H23NO3. The maximum absolute atomic E-state index is 12.0. The molecule has 0 bridgehead atoms. The summed E-state index contributed by atoms with van der Waals surface area (Å²) in [6.07, 6.45) is 4.69. The molecule has 1 spiro atoms. The van der Waals surface area contributed by atoms with E-state index >= 15 is 0 Å². The van der Waals surface area contributed by atoms with Crippen molar-refractivity contribution in [3.8, 4) is 0 Å². The number of carbonyl (C=O) groups excluding carboxylic acids is 2. The standard InChI is InChI=1S/C14H23NO3/c1-13(2,3)18-12(17)15-7-4-6-14(10-15)9-11(14)5-8-16/h8,11H,4-7,9-10H2,1-3H3. The van der Waals surface area contributed by atoms with Gasteiger partial charge in [-0.05, 0) is 51.4 Å². The summed E-state index contributed by atoms with van der Waals surface area (Å²) in [4.78, 5) is 24.4. The van der Waals surface area contributed by atoms with Gasteiger partial charge < -0.3 is 14.4 Å². The van der Waals surface area contributed by atoms with Crippen LogP contribution in [-0.4, -0.2) is 36.0 Å². The predicted octanol–water partition coefficient (Wildman–Crippen LogP) is 2.61. The number of amides is 1. The average molecular weight is 253 g/mol. The van der Waals surface area contributed by atoms with Crippen LogP contribution in [0.5, 0.6) is 0 Å². The largest absolute Gasteiger partial charge is 0.444 e. The van der Waals surface area contributed by atoms with Crippen molar-refractivity contribution in [2.45, 2.75) is 52.1 Å². The van der Waals surface area contributed by atoms with Gasteiger partial charge in [-0.2, -0.15) is 0 Å². The van der Waals surface area contributed by atoms with Gasteiger partial charge >= 0.3 is 6.09 Å². The Bertz CT molecular complexity index is 347. The van der Waals surface area contributed by atoms with E-state index in [2.05, 4.69) is 0 Å². The van der Waals surface area contributed by atoms with E-state index in [9.17, 15) is 9.59 Å². The van der Waals surface area contributed by atoms with Crippen molar-refractivity contribution < 1.29 is 14.3 Å². The number of hydrogen-bond acceptors (Lipinski definition) is 3. The van der Waals surface area contributed by atoms with Crippen molar-refractivity contribution >= 4 is 12.4 Å². The summed E-state index contributed by atoms with van der Waals surface area (Å²) < 4.78 is 5.41. The molecule has 0 radical (unpaired) electrons. The first kappa shape index (κ1) is 13.4. The molecule has 0 aromatic rings. The van der Waals surface area contributed by atoms with Gasteiger partial charge in [0.25, 0.3) is 0 Å². The molecular weight excluding hydrogens is 230 g/mol. The molecule has 2 aliphatic rings. The lowest BCUT2D eigenvalue weighted by molar-refractivity contribution is -0.108.